The normalized spacial score (nSPS) is 14.6. The number of rotatable bonds is 7. The zero-order valence-electron chi connectivity index (χ0n) is 20.1. The van der Waals surface area contributed by atoms with Crippen LogP contribution in [0, 0.1) is 6.92 Å². The molecule has 1 saturated heterocycles. The molecule has 8 nitrogen and oxygen atoms in total. The van der Waals surface area contributed by atoms with Crippen LogP contribution in [0.2, 0.25) is 0 Å². The first-order valence-electron chi connectivity index (χ1n) is 11.9. The Balaban J connectivity index is 1.26. The van der Waals surface area contributed by atoms with Crippen LogP contribution in [0.1, 0.15) is 24.0 Å². The zero-order valence-corrected chi connectivity index (χ0v) is 20.1. The summed E-state index contributed by atoms with van der Waals surface area (Å²) >= 11 is 0. The smallest absolute Gasteiger partial charge is 0.235 e. The lowest BCUT2D eigenvalue weighted by Crippen LogP contribution is -2.44. The fourth-order valence-corrected chi connectivity index (χ4v) is 4.39. The van der Waals surface area contributed by atoms with Gasteiger partial charge in [0.15, 0.2) is 0 Å². The SMILES string of the molecule is Cc1ccnc(Nc2cc(Nc3ccc(NC(=O)C4(c5ccccc5)CCOCC4)cc3)ncn2)c1. The van der Waals surface area contributed by atoms with Crippen LogP contribution >= 0.6 is 0 Å². The molecule has 0 atom stereocenters. The van der Waals surface area contributed by atoms with Crippen LogP contribution in [0.25, 0.3) is 0 Å². The molecule has 2 aromatic carbocycles. The number of aryl methyl sites for hydroxylation is 1. The molecule has 2 aromatic heterocycles. The van der Waals surface area contributed by atoms with Crippen LogP contribution in [0.4, 0.5) is 28.8 Å². The Morgan fingerprint density at radius 2 is 1.47 bits per heavy atom. The third-order valence-corrected chi connectivity index (χ3v) is 6.36. The summed E-state index contributed by atoms with van der Waals surface area (Å²) in [6, 6.07) is 23.3. The number of carbonyl (C=O) groups is 1. The number of nitrogens with one attached hydrogen (secondary N) is 3. The average molecular weight is 481 g/mol. The van der Waals surface area contributed by atoms with Crippen molar-refractivity contribution in [3.8, 4) is 0 Å². The molecule has 1 amide bonds. The van der Waals surface area contributed by atoms with Crippen LogP contribution in [0.5, 0.6) is 0 Å². The summed E-state index contributed by atoms with van der Waals surface area (Å²) in [4.78, 5) is 26.3. The van der Waals surface area contributed by atoms with Crippen molar-refractivity contribution in [1.29, 1.82) is 0 Å². The largest absolute Gasteiger partial charge is 0.381 e. The lowest BCUT2D eigenvalue weighted by atomic mass is 9.73. The van der Waals surface area contributed by atoms with E-state index in [1.807, 2.05) is 79.7 Å². The molecule has 0 unspecified atom stereocenters. The third kappa shape index (κ3) is 5.34. The van der Waals surface area contributed by atoms with E-state index >= 15 is 0 Å². The van der Waals surface area contributed by atoms with Gasteiger partial charge in [0.25, 0.3) is 0 Å². The van der Waals surface area contributed by atoms with Crippen molar-refractivity contribution < 1.29 is 9.53 Å². The molecule has 8 heteroatoms. The highest BCUT2D eigenvalue weighted by molar-refractivity contribution is 5.99. The molecule has 1 aliphatic heterocycles. The van der Waals surface area contributed by atoms with Crippen LogP contribution < -0.4 is 16.0 Å². The first kappa shape index (κ1) is 23.4. The fraction of sp³-hybridized carbons (Fsp3) is 0.214. The maximum absolute atomic E-state index is 13.5. The van der Waals surface area contributed by atoms with E-state index in [-0.39, 0.29) is 5.91 Å². The molecule has 5 rings (SSSR count). The monoisotopic (exact) mass is 480 g/mol. The number of hydrogen-bond donors (Lipinski definition) is 3. The molecular weight excluding hydrogens is 452 g/mol. The molecule has 1 fully saturated rings. The minimum absolute atomic E-state index is 0.00557. The molecule has 0 spiro atoms. The number of aromatic nitrogens is 3. The molecule has 36 heavy (non-hydrogen) atoms. The molecular formula is C28H28N6O2. The van der Waals surface area contributed by atoms with Crippen LogP contribution in [0.15, 0.2) is 85.3 Å². The van der Waals surface area contributed by atoms with Gasteiger partial charge in [-0.3, -0.25) is 4.79 Å². The van der Waals surface area contributed by atoms with Gasteiger partial charge in [-0.25, -0.2) is 15.0 Å². The molecule has 0 aliphatic carbocycles. The number of pyridine rings is 1. The van der Waals surface area contributed by atoms with E-state index in [9.17, 15) is 4.79 Å². The van der Waals surface area contributed by atoms with E-state index in [2.05, 4.69) is 30.9 Å². The molecule has 0 radical (unpaired) electrons. The van der Waals surface area contributed by atoms with Gasteiger partial charge in [-0.2, -0.15) is 0 Å². The lowest BCUT2D eigenvalue weighted by Gasteiger charge is -2.36. The summed E-state index contributed by atoms with van der Waals surface area (Å²) in [7, 11) is 0. The number of anilines is 5. The highest BCUT2D eigenvalue weighted by atomic mass is 16.5. The molecule has 0 bridgehead atoms. The molecule has 0 saturated carbocycles. The number of hydrogen-bond acceptors (Lipinski definition) is 7. The second kappa shape index (κ2) is 10.5. The molecule has 3 N–H and O–H groups in total. The van der Waals surface area contributed by atoms with Gasteiger partial charge in [0.2, 0.25) is 5.91 Å². The van der Waals surface area contributed by atoms with E-state index in [1.54, 1.807) is 6.20 Å². The highest BCUT2D eigenvalue weighted by Crippen LogP contribution is 2.36. The van der Waals surface area contributed by atoms with E-state index < -0.39 is 5.41 Å². The minimum atomic E-state index is -0.590. The standard InChI is InChI=1S/C28H28N6O2/c1-20-11-14-29-24(17-20)34-26-18-25(30-19-31-26)32-22-7-9-23(10-8-22)33-27(35)28(12-15-36-16-13-28)21-5-3-2-4-6-21/h2-11,14,17-19H,12-13,15-16H2,1H3,(H,33,35)(H2,29,30,31,32,34). The number of amides is 1. The predicted octanol–water partition coefficient (Wildman–Crippen LogP) is 5.35. The zero-order chi connectivity index (χ0) is 24.8. The Bertz CT molecular complexity index is 1320. The minimum Gasteiger partial charge on any atom is -0.381 e. The Morgan fingerprint density at radius 1 is 0.806 bits per heavy atom. The van der Waals surface area contributed by atoms with Crippen LogP contribution in [-0.4, -0.2) is 34.1 Å². The van der Waals surface area contributed by atoms with Crippen molar-refractivity contribution in [2.24, 2.45) is 0 Å². The highest BCUT2D eigenvalue weighted by Gasteiger charge is 2.41. The second-order valence-electron chi connectivity index (χ2n) is 8.85. The summed E-state index contributed by atoms with van der Waals surface area (Å²) in [5.74, 6) is 1.99. The van der Waals surface area contributed by atoms with Gasteiger partial charge in [0, 0.05) is 36.9 Å². The second-order valence-corrected chi connectivity index (χ2v) is 8.85. The van der Waals surface area contributed by atoms with Gasteiger partial charge in [0.05, 0.1) is 5.41 Å². The molecule has 182 valence electrons. The maximum atomic E-state index is 13.5. The summed E-state index contributed by atoms with van der Waals surface area (Å²) < 4.78 is 5.56. The molecule has 1 aliphatic rings. The molecule has 4 aromatic rings. The quantitative estimate of drug-likeness (QED) is 0.328. The van der Waals surface area contributed by atoms with E-state index in [0.717, 1.165) is 28.3 Å². The average Bonchev–Trinajstić information content (AvgIpc) is 2.91. The Morgan fingerprint density at radius 3 is 2.19 bits per heavy atom. The molecule has 3 heterocycles. The lowest BCUT2D eigenvalue weighted by molar-refractivity contribution is -0.125. The number of nitrogens with zero attached hydrogens (tertiary/aromatic N) is 3. The Labute approximate surface area is 210 Å². The van der Waals surface area contributed by atoms with Gasteiger partial charge in [-0.05, 0) is 67.3 Å². The predicted molar refractivity (Wildman–Crippen MR) is 141 cm³/mol. The van der Waals surface area contributed by atoms with Crippen LogP contribution in [0.3, 0.4) is 0 Å². The van der Waals surface area contributed by atoms with Crippen molar-refractivity contribution in [1.82, 2.24) is 15.0 Å². The maximum Gasteiger partial charge on any atom is 0.235 e. The van der Waals surface area contributed by atoms with Crippen LogP contribution in [-0.2, 0) is 14.9 Å². The van der Waals surface area contributed by atoms with Gasteiger partial charge < -0.3 is 20.7 Å². The fourth-order valence-electron chi connectivity index (χ4n) is 4.39. The Kier molecular flexibility index (Phi) is 6.86. The number of carbonyl (C=O) groups excluding carboxylic acids is 1. The first-order chi connectivity index (χ1) is 17.6. The number of benzene rings is 2. The summed E-state index contributed by atoms with van der Waals surface area (Å²) in [5.41, 5.74) is 3.13. The third-order valence-electron chi connectivity index (χ3n) is 6.36. The van der Waals surface area contributed by atoms with Gasteiger partial charge >= 0.3 is 0 Å². The summed E-state index contributed by atoms with van der Waals surface area (Å²) in [6.45, 7) is 3.15. The van der Waals surface area contributed by atoms with E-state index in [1.165, 1.54) is 6.33 Å². The van der Waals surface area contributed by atoms with Gasteiger partial charge in [-0.1, -0.05) is 30.3 Å². The topological polar surface area (TPSA) is 101 Å². The number of ether oxygens (including phenoxy) is 1. The summed E-state index contributed by atoms with van der Waals surface area (Å²) in [6.07, 6.45) is 4.56. The van der Waals surface area contributed by atoms with Gasteiger partial charge in [-0.15, -0.1) is 0 Å². The Hall–Kier alpha value is -4.30. The van der Waals surface area contributed by atoms with Gasteiger partial charge in [0.1, 0.15) is 23.8 Å². The van der Waals surface area contributed by atoms with Crippen molar-refractivity contribution >= 4 is 34.7 Å². The van der Waals surface area contributed by atoms with Crippen molar-refractivity contribution in [2.75, 3.05) is 29.2 Å². The first-order valence-corrected chi connectivity index (χ1v) is 11.9. The van der Waals surface area contributed by atoms with Crippen molar-refractivity contribution in [3.63, 3.8) is 0 Å². The van der Waals surface area contributed by atoms with E-state index in [4.69, 9.17) is 4.74 Å². The van der Waals surface area contributed by atoms with Crippen molar-refractivity contribution in [2.45, 2.75) is 25.2 Å². The summed E-state index contributed by atoms with van der Waals surface area (Å²) in [5, 5.41) is 9.59. The van der Waals surface area contributed by atoms with Crippen molar-refractivity contribution in [3.05, 3.63) is 96.4 Å². The van der Waals surface area contributed by atoms with E-state index in [0.29, 0.717) is 37.7 Å².